The van der Waals surface area contributed by atoms with Crippen LogP contribution in [0, 0.1) is 6.92 Å². The van der Waals surface area contributed by atoms with Crippen LogP contribution in [0.5, 0.6) is 0 Å². The van der Waals surface area contributed by atoms with E-state index in [4.69, 9.17) is 10.7 Å². The van der Waals surface area contributed by atoms with Crippen molar-refractivity contribution in [2.75, 3.05) is 18.4 Å². The van der Waals surface area contributed by atoms with E-state index >= 15 is 0 Å². The number of aromatic nitrogens is 1. The smallest absolute Gasteiger partial charge is 0.0726 e. The summed E-state index contributed by atoms with van der Waals surface area (Å²) in [6.07, 6.45) is 13.8. The predicted molar refractivity (Wildman–Crippen MR) is 113 cm³/mol. The van der Waals surface area contributed by atoms with Gasteiger partial charge in [-0.05, 0) is 69.7 Å². The average molecular weight is 354 g/mol. The molecular weight excluding hydrogens is 318 g/mol. The van der Waals surface area contributed by atoms with Crippen molar-refractivity contribution >= 4 is 16.6 Å². The summed E-state index contributed by atoms with van der Waals surface area (Å²) >= 11 is 0. The van der Waals surface area contributed by atoms with Gasteiger partial charge in [0.2, 0.25) is 0 Å². The molecule has 1 aliphatic rings. The Labute approximate surface area is 158 Å². The number of nitrogens with two attached hydrogens (primary N) is 1. The van der Waals surface area contributed by atoms with Gasteiger partial charge in [-0.25, -0.2) is 0 Å². The van der Waals surface area contributed by atoms with E-state index in [2.05, 4.69) is 30.4 Å². The third-order valence-corrected chi connectivity index (χ3v) is 5.60. The van der Waals surface area contributed by atoms with Gasteiger partial charge in [0.1, 0.15) is 0 Å². The molecule has 0 spiro atoms. The average Bonchev–Trinajstić information content (AvgIpc) is 2.62. The number of hydrogen-bond donors (Lipinski definition) is 2. The molecule has 0 saturated heterocycles. The summed E-state index contributed by atoms with van der Waals surface area (Å²) in [5, 5.41) is 5.13. The molecule has 0 unspecified atom stereocenters. The van der Waals surface area contributed by atoms with E-state index in [-0.39, 0.29) is 0 Å². The van der Waals surface area contributed by atoms with Crippen LogP contribution >= 0.6 is 0 Å². The third kappa shape index (κ3) is 4.97. The van der Waals surface area contributed by atoms with Gasteiger partial charge in [0.05, 0.1) is 5.52 Å². The fourth-order valence-corrected chi connectivity index (χ4v) is 4.11. The highest BCUT2D eigenvalue weighted by atomic mass is 14.9. The maximum atomic E-state index is 5.58. The molecule has 0 saturated carbocycles. The van der Waals surface area contributed by atoms with Gasteiger partial charge < -0.3 is 11.1 Å². The van der Waals surface area contributed by atoms with E-state index in [1.165, 1.54) is 85.7 Å². The number of aryl methyl sites for hydroxylation is 2. The van der Waals surface area contributed by atoms with Crippen LogP contribution in [0.3, 0.4) is 0 Å². The summed E-state index contributed by atoms with van der Waals surface area (Å²) < 4.78 is 0. The Morgan fingerprint density at radius 3 is 2.58 bits per heavy atom. The second-order valence-electron chi connectivity index (χ2n) is 7.83. The highest BCUT2D eigenvalue weighted by Gasteiger charge is 2.16. The first-order chi connectivity index (χ1) is 12.8. The zero-order valence-electron chi connectivity index (χ0n) is 16.4. The van der Waals surface area contributed by atoms with E-state index in [0.29, 0.717) is 0 Å². The van der Waals surface area contributed by atoms with Crippen molar-refractivity contribution in [1.82, 2.24) is 4.98 Å². The molecule has 3 nitrogen and oxygen atoms in total. The van der Waals surface area contributed by atoms with Gasteiger partial charge in [-0.15, -0.1) is 0 Å². The number of nitrogens with one attached hydrogen (secondary N) is 1. The minimum atomic E-state index is 0.826. The van der Waals surface area contributed by atoms with Gasteiger partial charge in [-0.2, -0.15) is 0 Å². The third-order valence-electron chi connectivity index (χ3n) is 5.60. The summed E-state index contributed by atoms with van der Waals surface area (Å²) in [5.74, 6) is 0. The lowest BCUT2D eigenvalue weighted by atomic mass is 9.93. The van der Waals surface area contributed by atoms with Crippen molar-refractivity contribution in [3.05, 3.63) is 35.0 Å². The van der Waals surface area contributed by atoms with Gasteiger partial charge in [0, 0.05) is 23.3 Å². The molecule has 142 valence electrons. The Balaban J connectivity index is 1.78. The Hall–Kier alpha value is -1.61. The van der Waals surface area contributed by atoms with Crippen LogP contribution in [0.25, 0.3) is 10.9 Å². The van der Waals surface area contributed by atoms with Crippen LogP contribution in [0.15, 0.2) is 18.2 Å². The fraction of sp³-hybridized carbons (Fsp3) is 0.609. The van der Waals surface area contributed by atoms with Gasteiger partial charge in [0.15, 0.2) is 0 Å². The van der Waals surface area contributed by atoms with Crippen molar-refractivity contribution in [2.24, 2.45) is 5.73 Å². The quantitative estimate of drug-likeness (QED) is 0.614. The first kappa shape index (κ1) is 19.2. The molecule has 1 aromatic carbocycles. The first-order valence-electron chi connectivity index (χ1n) is 10.7. The Morgan fingerprint density at radius 1 is 0.962 bits per heavy atom. The number of unbranched alkanes of at least 4 members (excludes halogenated alkanes) is 4. The highest BCUT2D eigenvalue weighted by Crippen LogP contribution is 2.33. The summed E-state index contributed by atoms with van der Waals surface area (Å²) in [5.41, 5.74) is 12.3. The molecule has 0 fully saturated rings. The van der Waals surface area contributed by atoms with Crippen LogP contribution < -0.4 is 11.1 Å². The fourth-order valence-electron chi connectivity index (χ4n) is 4.11. The Morgan fingerprint density at radius 2 is 1.73 bits per heavy atom. The summed E-state index contributed by atoms with van der Waals surface area (Å²) in [4.78, 5) is 5.05. The standard InChI is InChI=1S/C23H35N3/c1-18-13-14-22-20(17-18)23(25-16-10-6-2-5-9-15-24)19-11-7-3-4-8-12-21(19)26-22/h13-14,17H,2-12,15-16,24H2,1H3,(H,25,26). The molecule has 0 aliphatic heterocycles. The largest absolute Gasteiger partial charge is 0.384 e. The summed E-state index contributed by atoms with van der Waals surface area (Å²) in [6.45, 7) is 4.06. The SMILES string of the molecule is Cc1ccc2nc3c(c(NCCCCCCCN)c2c1)CCCCCC3. The van der Waals surface area contributed by atoms with Crippen molar-refractivity contribution in [2.45, 2.75) is 77.6 Å². The monoisotopic (exact) mass is 353 g/mol. The number of benzene rings is 1. The van der Waals surface area contributed by atoms with Gasteiger partial charge in [-0.1, -0.05) is 43.7 Å². The van der Waals surface area contributed by atoms with Crippen molar-refractivity contribution in [1.29, 1.82) is 0 Å². The molecular formula is C23H35N3. The lowest BCUT2D eigenvalue weighted by Gasteiger charge is -2.21. The molecule has 0 amide bonds. The van der Waals surface area contributed by atoms with Crippen LogP contribution in [-0.4, -0.2) is 18.1 Å². The van der Waals surface area contributed by atoms with Gasteiger partial charge in [0.25, 0.3) is 0 Å². The molecule has 0 radical (unpaired) electrons. The molecule has 0 atom stereocenters. The molecule has 3 heteroatoms. The minimum Gasteiger partial charge on any atom is -0.384 e. The van der Waals surface area contributed by atoms with Crippen LogP contribution in [0.2, 0.25) is 0 Å². The molecule has 1 aromatic heterocycles. The zero-order chi connectivity index (χ0) is 18.2. The highest BCUT2D eigenvalue weighted by molar-refractivity contribution is 5.94. The van der Waals surface area contributed by atoms with Gasteiger partial charge in [-0.3, -0.25) is 4.98 Å². The minimum absolute atomic E-state index is 0.826. The van der Waals surface area contributed by atoms with E-state index in [0.717, 1.165) is 31.4 Å². The second kappa shape index (κ2) is 9.91. The second-order valence-corrected chi connectivity index (χ2v) is 7.83. The number of hydrogen-bond acceptors (Lipinski definition) is 3. The number of nitrogens with zero attached hydrogens (tertiary/aromatic N) is 1. The molecule has 26 heavy (non-hydrogen) atoms. The van der Waals surface area contributed by atoms with Crippen LogP contribution in [-0.2, 0) is 12.8 Å². The molecule has 3 rings (SSSR count). The summed E-state index contributed by atoms with van der Waals surface area (Å²) in [6, 6.07) is 6.69. The predicted octanol–water partition coefficient (Wildman–Crippen LogP) is 5.52. The maximum Gasteiger partial charge on any atom is 0.0726 e. The number of pyridine rings is 1. The topological polar surface area (TPSA) is 50.9 Å². The Kier molecular flexibility index (Phi) is 7.31. The summed E-state index contributed by atoms with van der Waals surface area (Å²) in [7, 11) is 0. The van der Waals surface area contributed by atoms with E-state index in [1.807, 2.05) is 0 Å². The molecule has 0 bridgehead atoms. The molecule has 1 heterocycles. The van der Waals surface area contributed by atoms with Crippen molar-refractivity contribution < 1.29 is 0 Å². The van der Waals surface area contributed by atoms with E-state index in [1.54, 1.807) is 0 Å². The van der Waals surface area contributed by atoms with Crippen molar-refractivity contribution in [3.8, 4) is 0 Å². The van der Waals surface area contributed by atoms with Crippen molar-refractivity contribution in [3.63, 3.8) is 0 Å². The number of fused-ring (bicyclic) bond motifs is 2. The lowest BCUT2D eigenvalue weighted by Crippen LogP contribution is -2.11. The van der Waals surface area contributed by atoms with E-state index in [9.17, 15) is 0 Å². The maximum absolute atomic E-state index is 5.58. The first-order valence-corrected chi connectivity index (χ1v) is 10.7. The molecule has 2 aromatic rings. The molecule has 3 N–H and O–H groups in total. The normalized spacial score (nSPS) is 14.7. The lowest BCUT2D eigenvalue weighted by molar-refractivity contribution is 0.610. The van der Waals surface area contributed by atoms with Crippen LogP contribution in [0.4, 0.5) is 5.69 Å². The van der Waals surface area contributed by atoms with Gasteiger partial charge >= 0.3 is 0 Å². The van der Waals surface area contributed by atoms with Crippen LogP contribution in [0.1, 0.15) is 74.6 Å². The van der Waals surface area contributed by atoms with E-state index < -0.39 is 0 Å². The molecule has 1 aliphatic carbocycles. The Bertz CT molecular complexity index is 708. The zero-order valence-corrected chi connectivity index (χ0v) is 16.4. The number of rotatable bonds is 8. The number of anilines is 1.